The number of piperidine rings is 4. The van der Waals surface area contributed by atoms with Gasteiger partial charge < -0.3 is 18.9 Å². The molecule has 12 heteroatoms. The molecule has 0 saturated carbocycles. The third kappa shape index (κ3) is 8.00. The molecule has 1 unspecified atom stereocenters. The highest BCUT2D eigenvalue weighted by Crippen LogP contribution is 2.64. The van der Waals surface area contributed by atoms with Gasteiger partial charge in [-0.1, -0.05) is 118 Å². The molecular formula is C64H118N4O8. The van der Waals surface area contributed by atoms with Crippen LogP contribution in [0.25, 0.3) is 0 Å². The van der Waals surface area contributed by atoms with E-state index in [2.05, 4.69) is 269 Å². The lowest BCUT2D eigenvalue weighted by Crippen LogP contribution is -2.78. The maximum atomic E-state index is 17.1. The number of carbonyl (C=O) groups is 4. The lowest BCUT2D eigenvalue weighted by atomic mass is 9.52. The molecule has 0 N–H and O–H groups in total. The Labute approximate surface area is 466 Å². The summed E-state index contributed by atoms with van der Waals surface area (Å²) in [6.45, 7) is 69.5. The highest BCUT2D eigenvalue weighted by atomic mass is 16.6. The minimum Gasteiger partial charge on any atom is -0.461 e. The minimum absolute atomic E-state index is 0.163. The summed E-state index contributed by atoms with van der Waals surface area (Å²) in [5.41, 5.74) is -13.8. The van der Waals surface area contributed by atoms with Crippen LogP contribution >= 0.6 is 0 Å². The zero-order valence-corrected chi connectivity index (χ0v) is 56.1. The van der Waals surface area contributed by atoms with Crippen LogP contribution < -0.4 is 0 Å². The number of hydrogen-bond acceptors (Lipinski definition) is 12. The fourth-order valence-corrected chi connectivity index (χ4v) is 15.7. The van der Waals surface area contributed by atoms with E-state index in [0.29, 0.717) is 0 Å². The standard InChI is InChI=1S/C64H118N4O8/c1-38-39(40(69)73-41-48(2,3)56(18,19)65(34)57(20,21)49(41,4)5)64(45(70)74-42-50(6,7)58(22,23)66(35)59(24,25)51(42,8)9,46(71)75-43-52(10,11)60(26,27)67(36)61(28,29)53(43,12)13)47(72)76-44-54(14,15)62(30,31)68(37)63(32,33)55(44,16)17/h39,41-44H,38H2,1-37H3. The molecule has 4 aliphatic rings. The second-order valence-corrected chi connectivity index (χ2v) is 33.4. The average molecular weight is 1070 g/mol. The summed E-state index contributed by atoms with van der Waals surface area (Å²) >= 11 is 0. The molecule has 0 aromatic carbocycles. The van der Waals surface area contributed by atoms with Gasteiger partial charge in [-0.25, -0.2) is 0 Å². The van der Waals surface area contributed by atoms with Crippen LogP contribution in [-0.2, 0) is 38.1 Å². The Bertz CT molecular complexity index is 1990. The summed E-state index contributed by atoms with van der Waals surface area (Å²) in [6.07, 6.45) is -3.64. The molecule has 1 atom stereocenters. The minimum atomic E-state index is -3.03. The number of esters is 4. The number of nitrogens with zero attached hydrogens (tertiary/aromatic N) is 4. The van der Waals surface area contributed by atoms with Gasteiger partial charge in [0, 0.05) is 87.6 Å². The number of hydrogen-bond donors (Lipinski definition) is 0. The maximum Gasteiger partial charge on any atom is 0.336 e. The summed E-state index contributed by atoms with van der Waals surface area (Å²) in [5, 5.41) is 0. The van der Waals surface area contributed by atoms with Crippen molar-refractivity contribution in [2.75, 3.05) is 28.2 Å². The van der Waals surface area contributed by atoms with Gasteiger partial charge >= 0.3 is 23.9 Å². The van der Waals surface area contributed by atoms with Crippen LogP contribution in [-0.4, -0.2) is 140 Å². The van der Waals surface area contributed by atoms with Crippen molar-refractivity contribution in [1.29, 1.82) is 0 Å². The number of carbonyl (C=O) groups excluding carboxylic acids is 4. The number of likely N-dealkylation sites (tertiary alicyclic amines) is 4. The molecule has 4 fully saturated rings. The number of ether oxygens (including phenoxy) is 4. The van der Waals surface area contributed by atoms with E-state index >= 15 is 19.2 Å². The first kappa shape index (κ1) is 66.2. The van der Waals surface area contributed by atoms with E-state index < -0.39 is 147 Å². The molecule has 0 bridgehead atoms. The van der Waals surface area contributed by atoms with Crippen molar-refractivity contribution in [3.8, 4) is 0 Å². The molecule has 12 nitrogen and oxygen atoms in total. The summed E-state index contributed by atoms with van der Waals surface area (Å²) in [7, 11) is 8.41. The van der Waals surface area contributed by atoms with Crippen molar-refractivity contribution in [2.24, 2.45) is 54.7 Å². The highest BCUT2D eigenvalue weighted by Gasteiger charge is 2.75. The van der Waals surface area contributed by atoms with Gasteiger partial charge in [0.1, 0.15) is 24.4 Å². The van der Waals surface area contributed by atoms with Gasteiger partial charge in [-0.05, 0) is 145 Å². The molecular weight excluding hydrogens is 953 g/mol. The van der Waals surface area contributed by atoms with Crippen molar-refractivity contribution in [3.63, 3.8) is 0 Å². The summed E-state index contributed by atoms with van der Waals surface area (Å²) in [6, 6.07) is 0. The lowest BCUT2D eigenvalue weighted by molar-refractivity contribution is -0.265. The van der Waals surface area contributed by atoms with Crippen LogP contribution in [0.5, 0.6) is 0 Å². The smallest absolute Gasteiger partial charge is 0.336 e. The third-order valence-corrected chi connectivity index (χ3v) is 27.7. The quantitative estimate of drug-likeness (QED) is 0.118. The van der Waals surface area contributed by atoms with E-state index in [-0.39, 0.29) is 6.42 Å². The van der Waals surface area contributed by atoms with Crippen LogP contribution in [0.4, 0.5) is 0 Å². The van der Waals surface area contributed by atoms with Crippen LogP contribution in [0.1, 0.15) is 235 Å². The molecule has 0 aromatic rings. The van der Waals surface area contributed by atoms with Crippen molar-refractivity contribution >= 4 is 23.9 Å². The van der Waals surface area contributed by atoms with Crippen LogP contribution in [0.2, 0.25) is 0 Å². The Morgan fingerprint density at radius 1 is 0.316 bits per heavy atom. The maximum absolute atomic E-state index is 17.1. The molecule has 76 heavy (non-hydrogen) atoms. The summed E-state index contributed by atoms with van der Waals surface area (Å²) < 4.78 is 28.8. The van der Waals surface area contributed by atoms with Gasteiger partial charge in [0.25, 0.3) is 5.41 Å². The molecule has 0 aromatic heterocycles. The van der Waals surface area contributed by atoms with E-state index in [1.165, 1.54) is 0 Å². The second-order valence-electron chi connectivity index (χ2n) is 33.4. The van der Waals surface area contributed by atoms with Crippen LogP contribution in [0.3, 0.4) is 0 Å². The van der Waals surface area contributed by atoms with Crippen molar-refractivity contribution in [3.05, 3.63) is 0 Å². The summed E-state index contributed by atoms with van der Waals surface area (Å²) in [5.74, 6) is -6.11. The predicted molar refractivity (Wildman–Crippen MR) is 310 cm³/mol. The molecule has 0 amide bonds. The Morgan fingerprint density at radius 2 is 0.461 bits per heavy atom. The van der Waals surface area contributed by atoms with Crippen molar-refractivity contribution in [1.82, 2.24) is 19.6 Å². The fraction of sp³-hybridized carbons (Fsp3) is 0.938. The first-order valence-electron chi connectivity index (χ1n) is 28.9. The average Bonchev–Trinajstić information content (AvgIpc) is 3.25. The van der Waals surface area contributed by atoms with E-state index in [1.54, 1.807) is 6.92 Å². The summed E-state index contributed by atoms with van der Waals surface area (Å²) in [4.78, 5) is 77.0. The Balaban J connectivity index is 2.28. The monoisotopic (exact) mass is 1070 g/mol. The van der Waals surface area contributed by atoms with Crippen LogP contribution in [0, 0.1) is 54.7 Å². The Kier molecular flexibility index (Phi) is 15.8. The topological polar surface area (TPSA) is 118 Å². The zero-order chi connectivity index (χ0) is 60.5. The van der Waals surface area contributed by atoms with Crippen molar-refractivity contribution < 1.29 is 38.1 Å². The van der Waals surface area contributed by atoms with E-state index in [9.17, 15) is 0 Å². The molecule has 0 radical (unpaired) electrons. The van der Waals surface area contributed by atoms with E-state index in [0.717, 1.165) is 0 Å². The number of rotatable bonds is 10. The van der Waals surface area contributed by atoms with E-state index in [4.69, 9.17) is 18.9 Å². The predicted octanol–water partition coefficient (Wildman–Crippen LogP) is 12.9. The molecule has 442 valence electrons. The fourth-order valence-electron chi connectivity index (χ4n) is 15.7. The van der Waals surface area contributed by atoms with Crippen LogP contribution in [0.15, 0.2) is 0 Å². The molecule has 4 aliphatic heterocycles. The molecule has 4 saturated heterocycles. The van der Waals surface area contributed by atoms with Crippen molar-refractivity contribution in [2.45, 2.75) is 304 Å². The van der Waals surface area contributed by atoms with Gasteiger partial charge in [0.15, 0.2) is 0 Å². The van der Waals surface area contributed by atoms with Gasteiger partial charge in [-0.15, -0.1) is 0 Å². The molecule has 0 aliphatic carbocycles. The molecule has 4 heterocycles. The van der Waals surface area contributed by atoms with E-state index in [1.807, 2.05) is 0 Å². The molecule has 4 rings (SSSR count). The van der Waals surface area contributed by atoms with Gasteiger partial charge in [0.05, 0.1) is 5.92 Å². The highest BCUT2D eigenvalue weighted by molar-refractivity contribution is 6.20. The van der Waals surface area contributed by atoms with Gasteiger partial charge in [-0.3, -0.25) is 38.8 Å². The largest absolute Gasteiger partial charge is 0.461 e. The Hall–Kier alpha value is -2.28. The lowest BCUT2D eigenvalue weighted by Gasteiger charge is -2.69. The zero-order valence-electron chi connectivity index (χ0n) is 56.1. The van der Waals surface area contributed by atoms with Gasteiger partial charge in [0.2, 0.25) is 0 Å². The first-order valence-corrected chi connectivity index (χ1v) is 28.9. The first-order chi connectivity index (χ1) is 33.1. The SMILES string of the molecule is CCC(C(=O)OC1C(C)(C)C(C)(C)N(C)C(C)(C)C1(C)C)C(C(=O)OC1C(C)(C)C(C)(C)N(C)C(C)(C)C1(C)C)(C(=O)OC1C(C)(C)C(C)(C)N(C)C(C)(C)C1(C)C)C(=O)OC1C(C)(C)C(C)(C)N(C)C(C)(C)C1(C)C. The third-order valence-electron chi connectivity index (χ3n) is 27.7. The second kappa shape index (κ2) is 18.1. The Morgan fingerprint density at radius 3 is 0.605 bits per heavy atom. The normalized spacial score (nSPS) is 30.3. The molecule has 0 spiro atoms. The van der Waals surface area contributed by atoms with Gasteiger partial charge in [-0.2, -0.15) is 0 Å².